The normalized spacial score (nSPS) is 32.6. The van der Waals surface area contributed by atoms with Gasteiger partial charge in [-0.25, -0.2) is 25.3 Å². The van der Waals surface area contributed by atoms with E-state index in [4.69, 9.17) is 0 Å². The zero-order valence-electron chi connectivity index (χ0n) is 11.0. The summed E-state index contributed by atoms with van der Waals surface area (Å²) >= 11 is 0. The van der Waals surface area contributed by atoms with Crippen molar-refractivity contribution in [3.63, 3.8) is 0 Å². The number of rotatable bonds is 7. The molecule has 0 saturated carbocycles. The third kappa shape index (κ3) is 7.16. The van der Waals surface area contributed by atoms with Crippen LogP contribution in [-0.2, 0) is 48.5 Å². The zero-order valence-corrected chi connectivity index (χ0v) is 13.5. The van der Waals surface area contributed by atoms with Gasteiger partial charge in [-0.3, -0.25) is 12.5 Å². The molecular weight excluding hydrogens is 408 g/mol. The highest BCUT2D eigenvalue weighted by molar-refractivity contribution is 7.81. The summed E-state index contributed by atoms with van der Waals surface area (Å²) in [7, 11) is -16.5. The third-order valence-corrected chi connectivity index (χ3v) is 3.81. The van der Waals surface area contributed by atoms with E-state index in [1.54, 1.807) is 0 Å². The van der Waals surface area contributed by atoms with E-state index in [9.17, 15) is 49.1 Å². The fraction of sp³-hybridized carbons (Fsp3) is 1.00. The van der Waals surface area contributed by atoms with Crippen LogP contribution in [0, 0.1) is 0 Å². The number of hydrogen-bond donors (Lipinski definition) is 2. The lowest BCUT2D eigenvalue weighted by Crippen LogP contribution is -2.61. The van der Waals surface area contributed by atoms with Gasteiger partial charge in [0.1, 0.15) is 18.3 Å². The van der Waals surface area contributed by atoms with Gasteiger partial charge in [-0.15, -0.1) is 0 Å². The molecule has 1 heterocycles. The second kappa shape index (κ2) is 7.39. The smallest absolute Gasteiger partial charge is 0.218 e. The zero-order chi connectivity index (χ0) is 18.9. The maximum atomic E-state index is 10.6. The molecule has 0 bridgehead atoms. The van der Waals surface area contributed by atoms with Gasteiger partial charge < -0.3 is 28.6 Å². The summed E-state index contributed by atoms with van der Waals surface area (Å²) in [6.07, 6.45) is -11.8. The molecule has 5 atom stereocenters. The summed E-state index contributed by atoms with van der Waals surface area (Å²) in [5, 5.41) is 19.3. The van der Waals surface area contributed by atoms with Crippen LogP contribution < -0.4 is 0 Å². The molecule has 15 nitrogen and oxygen atoms in total. The van der Waals surface area contributed by atoms with Gasteiger partial charge in [-0.2, -0.15) is 0 Å². The molecule has 2 N–H and O–H groups in total. The van der Waals surface area contributed by atoms with Crippen LogP contribution in [0.15, 0.2) is 0 Å². The summed E-state index contributed by atoms with van der Waals surface area (Å²) in [5.74, 6) is 0. The van der Waals surface area contributed by atoms with Gasteiger partial charge in [0.25, 0.3) is 0 Å². The first kappa shape index (κ1) is 21.5. The minimum absolute atomic E-state index is 1.26. The Morgan fingerprint density at radius 3 is 1.71 bits per heavy atom. The average Bonchev–Trinajstić information content (AvgIpc) is 2.32. The van der Waals surface area contributed by atoms with Crippen LogP contribution in [0.1, 0.15) is 0 Å². The number of aliphatic hydroxyl groups excluding tert-OH is 2. The van der Waals surface area contributed by atoms with Crippen LogP contribution >= 0.6 is 0 Å². The predicted octanol–water partition coefficient (Wildman–Crippen LogP) is -4.77. The largest absolute Gasteiger partial charge is 0.726 e. The van der Waals surface area contributed by atoms with E-state index in [2.05, 4.69) is 17.3 Å². The SMILES string of the molecule is O=S(=O)([O-])OCC1O[C@H](O)C(OS(=O)(=O)[O-])C(OS(=O)(=O)[O-])C1O. The van der Waals surface area contributed by atoms with E-state index in [1.807, 2.05) is 0 Å². The van der Waals surface area contributed by atoms with Crippen LogP contribution in [0.25, 0.3) is 0 Å². The van der Waals surface area contributed by atoms with Crippen molar-refractivity contribution in [2.45, 2.75) is 30.7 Å². The van der Waals surface area contributed by atoms with Crippen LogP contribution in [0.4, 0.5) is 0 Å². The lowest BCUT2D eigenvalue weighted by Gasteiger charge is -2.42. The van der Waals surface area contributed by atoms with Gasteiger partial charge in [0, 0.05) is 0 Å². The fourth-order valence-corrected chi connectivity index (χ4v) is 2.95. The average molecular weight is 417 g/mol. The Labute approximate surface area is 135 Å². The van der Waals surface area contributed by atoms with Crippen LogP contribution in [0.2, 0.25) is 0 Å². The molecule has 144 valence electrons. The second-order valence-corrected chi connectivity index (χ2v) is 7.26. The maximum Gasteiger partial charge on any atom is 0.218 e. The molecule has 0 aliphatic carbocycles. The van der Waals surface area contributed by atoms with E-state index in [-0.39, 0.29) is 0 Å². The molecule has 0 amide bonds. The number of hydrogen-bond acceptors (Lipinski definition) is 15. The highest BCUT2D eigenvalue weighted by Gasteiger charge is 2.48. The van der Waals surface area contributed by atoms with Gasteiger partial charge in [-0.1, -0.05) is 0 Å². The quantitative estimate of drug-likeness (QED) is 0.291. The van der Waals surface area contributed by atoms with Crippen molar-refractivity contribution < 1.29 is 66.4 Å². The van der Waals surface area contributed by atoms with Crippen molar-refractivity contribution in [2.24, 2.45) is 0 Å². The highest BCUT2D eigenvalue weighted by Crippen LogP contribution is 2.27. The molecule has 1 saturated heterocycles. The summed E-state index contributed by atoms with van der Waals surface area (Å²) in [6.45, 7) is -1.26. The molecule has 18 heteroatoms. The van der Waals surface area contributed by atoms with Crippen molar-refractivity contribution in [3.8, 4) is 0 Å². The molecule has 1 aliphatic rings. The van der Waals surface area contributed by atoms with Gasteiger partial charge in [0.2, 0.25) is 31.2 Å². The van der Waals surface area contributed by atoms with E-state index < -0.39 is 68.5 Å². The Kier molecular flexibility index (Phi) is 6.63. The van der Waals surface area contributed by atoms with Gasteiger partial charge in [0.15, 0.2) is 12.4 Å². The van der Waals surface area contributed by atoms with Crippen LogP contribution in [0.5, 0.6) is 0 Å². The summed E-state index contributed by atoms with van der Waals surface area (Å²) in [4.78, 5) is 0. The fourth-order valence-electron chi connectivity index (χ4n) is 1.68. The summed E-state index contributed by atoms with van der Waals surface area (Å²) < 4.78 is 110. The minimum Gasteiger partial charge on any atom is -0.726 e. The van der Waals surface area contributed by atoms with E-state index in [0.29, 0.717) is 0 Å². The van der Waals surface area contributed by atoms with Crippen molar-refractivity contribution in [2.75, 3.05) is 6.61 Å². The van der Waals surface area contributed by atoms with Crippen LogP contribution in [0.3, 0.4) is 0 Å². The predicted molar refractivity (Wildman–Crippen MR) is 61.7 cm³/mol. The second-order valence-electron chi connectivity index (χ2n) is 4.19. The van der Waals surface area contributed by atoms with Gasteiger partial charge in [-0.05, 0) is 0 Å². The van der Waals surface area contributed by atoms with E-state index >= 15 is 0 Å². The Bertz CT molecular complexity index is 736. The molecule has 1 fully saturated rings. The van der Waals surface area contributed by atoms with Gasteiger partial charge in [0.05, 0.1) is 6.61 Å². The molecule has 0 aromatic heterocycles. The maximum absolute atomic E-state index is 10.6. The molecule has 0 spiro atoms. The van der Waals surface area contributed by atoms with Gasteiger partial charge >= 0.3 is 0 Å². The lowest BCUT2D eigenvalue weighted by atomic mass is 9.99. The van der Waals surface area contributed by atoms with Crippen molar-refractivity contribution in [1.29, 1.82) is 0 Å². The molecule has 1 aliphatic heterocycles. The molecule has 24 heavy (non-hydrogen) atoms. The molecule has 0 radical (unpaired) electrons. The lowest BCUT2D eigenvalue weighted by molar-refractivity contribution is -0.275. The topological polar surface area (TPSA) is 249 Å². The third-order valence-electron chi connectivity index (χ3n) is 2.47. The Morgan fingerprint density at radius 2 is 1.29 bits per heavy atom. The molecule has 4 unspecified atom stereocenters. The molecule has 1 rings (SSSR count). The molecule has 0 aromatic carbocycles. The summed E-state index contributed by atoms with van der Waals surface area (Å²) in [5.41, 5.74) is 0. The standard InChI is InChI=1S/C6H12O15S3/c7-3-2(1-18-22(9,10)11)19-6(8)5(21-24(15,16)17)4(3)20-23(12,13)14/h2-8H,1H2,(H,9,10,11)(H,12,13,14)(H,15,16,17)/p-3/t2?,3?,4?,5?,6-/m0/s1. The molecule has 0 aromatic rings. The molecular formula is C6H9O15S3-3. The number of aliphatic hydroxyl groups is 2. The van der Waals surface area contributed by atoms with Crippen molar-refractivity contribution in [1.82, 2.24) is 0 Å². The van der Waals surface area contributed by atoms with Crippen molar-refractivity contribution >= 4 is 31.2 Å². The minimum atomic E-state index is -5.61. The van der Waals surface area contributed by atoms with Crippen LogP contribution in [-0.4, -0.2) is 86.4 Å². The number of ether oxygens (including phenoxy) is 1. The summed E-state index contributed by atoms with van der Waals surface area (Å²) in [6, 6.07) is 0. The highest BCUT2D eigenvalue weighted by atomic mass is 32.3. The monoisotopic (exact) mass is 417 g/mol. The first-order valence-corrected chi connectivity index (χ1v) is 9.49. The first-order valence-electron chi connectivity index (χ1n) is 5.49. The Balaban J connectivity index is 3.08. The Hall–Kier alpha value is -0.510. The first-order chi connectivity index (χ1) is 10.6. The van der Waals surface area contributed by atoms with E-state index in [0.717, 1.165) is 0 Å². The Morgan fingerprint density at radius 1 is 0.833 bits per heavy atom. The van der Waals surface area contributed by atoms with Crippen molar-refractivity contribution in [3.05, 3.63) is 0 Å². The van der Waals surface area contributed by atoms with E-state index in [1.165, 1.54) is 0 Å².